The van der Waals surface area contributed by atoms with Gasteiger partial charge in [0.1, 0.15) is 0 Å². The highest BCUT2D eigenvalue weighted by Crippen LogP contribution is 2.24. The highest BCUT2D eigenvalue weighted by molar-refractivity contribution is 5.70. The monoisotopic (exact) mass is 471 g/mol. The van der Waals surface area contributed by atoms with Gasteiger partial charge in [-0.25, -0.2) is 19.1 Å². The number of hydrogen-bond donors (Lipinski definition) is 1. The Kier molecular flexibility index (Phi) is 6.00. The first-order valence-corrected chi connectivity index (χ1v) is 11.4. The molecule has 0 saturated heterocycles. The van der Waals surface area contributed by atoms with Gasteiger partial charge >= 0.3 is 5.69 Å². The Labute approximate surface area is 200 Å². The molecule has 4 heterocycles. The van der Waals surface area contributed by atoms with Gasteiger partial charge in [0, 0.05) is 23.7 Å². The highest BCUT2D eigenvalue weighted by atomic mass is 16.2. The molecule has 0 radical (unpaired) electrons. The zero-order valence-electron chi connectivity index (χ0n) is 19.7. The van der Waals surface area contributed by atoms with E-state index in [2.05, 4.69) is 48.1 Å². The van der Waals surface area contributed by atoms with Crippen molar-refractivity contribution in [1.29, 1.82) is 0 Å². The van der Waals surface area contributed by atoms with Crippen LogP contribution in [0.5, 0.6) is 0 Å². The molecule has 178 valence electrons. The second-order valence-corrected chi connectivity index (χ2v) is 8.49. The van der Waals surface area contributed by atoms with Crippen LogP contribution in [0.2, 0.25) is 0 Å². The van der Waals surface area contributed by atoms with Crippen LogP contribution in [-0.4, -0.2) is 54.9 Å². The van der Waals surface area contributed by atoms with Crippen molar-refractivity contribution in [2.45, 2.75) is 46.2 Å². The number of benzene rings is 1. The smallest absolute Gasteiger partial charge is 0.290 e. The second kappa shape index (κ2) is 9.41. The van der Waals surface area contributed by atoms with Crippen LogP contribution in [0.15, 0.2) is 53.6 Å². The molecule has 0 amide bonds. The van der Waals surface area contributed by atoms with E-state index < -0.39 is 0 Å². The van der Waals surface area contributed by atoms with E-state index in [1.54, 1.807) is 15.4 Å². The number of hydrogen-bond acceptors (Lipinski definition) is 8. The number of aromatic nitrogens is 11. The lowest BCUT2D eigenvalue weighted by molar-refractivity contribution is 0.502. The third-order valence-corrected chi connectivity index (χ3v) is 5.70. The normalized spacial score (nSPS) is 11.4. The lowest BCUT2D eigenvalue weighted by atomic mass is 10.0. The fraction of sp³-hybridized carbons (Fsp3) is 0.304. The molecule has 12 heteroatoms. The van der Waals surface area contributed by atoms with E-state index in [1.165, 1.54) is 4.57 Å². The van der Waals surface area contributed by atoms with Crippen molar-refractivity contribution in [3.05, 3.63) is 70.7 Å². The first-order chi connectivity index (χ1) is 17.0. The predicted octanol–water partition coefficient (Wildman–Crippen LogP) is 2.45. The van der Waals surface area contributed by atoms with Gasteiger partial charge in [0.05, 0.1) is 18.3 Å². The lowest BCUT2D eigenvalue weighted by Gasteiger charge is -2.09. The van der Waals surface area contributed by atoms with Crippen molar-refractivity contribution in [2.24, 2.45) is 0 Å². The third-order valence-electron chi connectivity index (χ3n) is 5.70. The number of H-pyrrole nitrogens is 1. The molecule has 0 aliphatic rings. The minimum atomic E-state index is -0.197. The van der Waals surface area contributed by atoms with E-state index >= 15 is 0 Å². The number of rotatable bonds is 8. The maximum atomic E-state index is 13.4. The summed E-state index contributed by atoms with van der Waals surface area (Å²) in [5.41, 5.74) is 4.34. The van der Waals surface area contributed by atoms with Gasteiger partial charge in [0.15, 0.2) is 5.82 Å². The van der Waals surface area contributed by atoms with Gasteiger partial charge in [0.2, 0.25) is 0 Å². The number of tetrazole rings is 2. The standard InChI is InChI=1S/C23H25N11O/c1-4-6-20-14-33(22-27-30-31-34(22)15(2)3)23(35)32(20)13-19-12-17(9-10-24-19)16-7-5-8-18(11-16)21-25-28-29-26-21/h5,7-12,14-15H,4,6,13H2,1-3H3,(H,25,26,28,29). The molecule has 0 unspecified atom stereocenters. The SMILES string of the molecule is CCCc1cn(-c2nnnn2C(C)C)c(=O)n1Cc1cc(-c2cccc(-c3nnn[nH]3)c2)ccn1. The van der Waals surface area contributed by atoms with Gasteiger partial charge in [-0.1, -0.05) is 36.6 Å². The lowest BCUT2D eigenvalue weighted by Crippen LogP contribution is -2.27. The summed E-state index contributed by atoms with van der Waals surface area (Å²) < 4.78 is 4.90. The van der Waals surface area contributed by atoms with Crippen molar-refractivity contribution in [3.8, 4) is 28.5 Å². The van der Waals surface area contributed by atoms with E-state index in [0.29, 0.717) is 18.3 Å². The molecule has 1 aromatic carbocycles. The Morgan fingerprint density at radius 2 is 1.86 bits per heavy atom. The Morgan fingerprint density at radius 3 is 2.63 bits per heavy atom. The summed E-state index contributed by atoms with van der Waals surface area (Å²) >= 11 is 0. The van der Waals surface area contributed by atoms with E-state index in [4.69, 9.17) is 0 Å². The number of nitrogens with zero attached hydrogens (tertiary/aromatic N) is 10. The zero-order valence-corrected chi connectivity index (χ0v) is 19.7. The Bertz CT molecular complexity index is 1490. The molecule has 35 heavy (non-hydrogen) atoms. The molecule has 4 aromatic heterocycles. The maximum Gasteiger partial charge on any atom is 0.335 e. The number of nitrogens with one attached hydrogen (secondary N) is 1. The summed E-state index contributed by atoms with van der Waals surface area (Å²) in [7, 11) is 0. The first-order valence-electron chi connectivity index (χ1n) is 11.4. The number of pyridine rings is 1. The van der Waals surface area contributed by atoms with Crippen LogP contribution in [0, 0.1) is 0 Å². The molecule has 0 saturated carbocycles. The average molecular weight is 472 g/mol. The topological polar surface area (TPSA) is 138 Å². The molecule has 0 aliphatic heterocycles. The molecule has 0 bridgehead atoms. The van der Waals surface area contributed by atoms with Gasteiger partial charge in [-0.15, -0.1) is 5.10 Å². The molecule has 0 fully saturated rings. The summed E-state index contributed by atoms with van der Waals surface area (Å²) in [5, 5.41) is 26.0. The molecule has 0 aliphatic carbocycles. The Hall–Kier alpha value is -4.48. The molecular formula is C23H25N11O. The summed E-state index contributed by atoms with van der Waals surface area (Å²) in [5.74, 6) is 1.00. The quantitative estimate of drug-likeness (QED) is 0.364. The van der Waals surface area contributed by atoms with Gasteiger partial charge in [0.25, 0.3) is 5.95 Å². The number of imidazole rings is 1. The van der Waals surface area contributed by atoms with Gasteiger partial charge < -0.3 is 0 Å². The summed E-state index contributed by atoms with van der Waals surface area (Å²) in [4.78, 5) is 18.0. The second-order valence-electron chi connectivity index (χ2n) is 8.49. The number of aromatic amines is 1. The summed E-state index contributed by atoms with van der Waals surface area (Å²) in [6.45, 7) is 6.36. The molecule has 12 nitrogen and oxygen atoms in total. The van der Waals surface area contributed by atoms with Crippen LogP contribution in [0.1, 0.15) is 44.6 Å². The van der Waals surface area contributed by atoms with Gasteiger partial charge in [-0.3, -0.25) is 9.55 Å². The zero-order chi connectivity index (χ0) is 24.4. The van der Waals surface area contributed by atoms with Gasteiger partial charge in [-0.2, -0.15) is 0 Å². The van der Waals surface area contributed by atoms with E-state index in [0.717, 1.165) is 40.9 Å². The van der Waals surface area contributed by atoms with Crippen molar-refractivity contribution >= 4 is 0 Å². The molecule has 1 N–H and O–H groups in total. The molecule has 0 atom stereocenters. The fourth-order valence-corrected chi connectivity index (χ4v) is 4.01. The van der Waals surface area contributed by atoms with Gasteiger partial charge in [-0.05, 0) is 70.4 Å². The highest BCUT2D eigenvalue weighted by Gasteiger charge is 2.19. The Morgan fingerprint density at radius 1 is 1.03 bits per heavy atom. The van der Waals surface area contributed by atoms with Crippen LogP contribution >= 0.6 is 0 Å². The van der Waals surface area contributed by atoms with Crippen molar-refractivity contribution in [2.75, 3.05) is 0 Å². The molecule has 5 aromatic rings. The van der Waals surface area contributed by atoms with Crippen LogP contribution in [-0.2, 0) is 13.0 Å². The average Bonchev–Trinajstić information content (AvgIpc) is 3.62. The largest absolute Gasteiger partial charge is 0.335 e. The predicted molar refractivity (Wildman–Crippen MR) is 128 cm³/mol. The van der Waals surface area contributed by atoms with Crippen LogP contribution in [0.3, 0.4) is 0 Å². The summed E-state index contributed by atoms with van der Waals surface area (Å²) in [6, 6.07) is 11.9. The molecular weight excluding hydrogens is 446 g/mol. The van der Waals surface area contributed by atoms with Crippen LogP contribution < -0.4 is 5.69 Å². The third kappa shape index (κ3) is 4.37. The summed E-state index contributed by atoms with van der Waals surface area (Å²) in [6.07, 6.45) is 5.23. The van der Waals surface area contributed by atoms with E-state index in [1.807, 2.05) is 56.4 Å². The minimum Gasteiger partial charge on any atom is -0.290 e. The van der Waals surface area contributed by atoms with Crippen LogP contribution in [0.25, 0.3) is 28.5 Å². The molecule has 0 spiro atoms. The number of aryl methyl sites for hydroxylation is 1. The van der Waals surface area contributed by atoms with E-state index in [9.17, 15) is 4.79 Å². The molecule has 5 rings (SSSR count). The maximum absolute atomic E-state index is 13.4. The van der Waals surface area contributed by atoms with Crippen molar-refractivity contribution in [1.82, 2.24) is 54.9 Å². The van der Waals surface area contributed by atoms with E-state index in [-0.39, 0.29) is 11.7 Å². The Balaban J connectivity index is 1.50. The minimum absolute atomic E-state index is 0.0201. The van der Waals surface area contributed by atoms with Crippen LogP contribution in [0.4, 0.5) is 0 Å². The van der Waals surface area contributed by atoms with Crippen molar-refractivity contribution in [3.63, 3.8) is 0 Å². The first kappa shape index (κ1) is 22.3. The fourth-order valence-electron chi connectivity index (χ4n) is 4.01. The van der Waals surface area contributed by atoms with Crippen molar-refractivity contribution < 1.29 is 0 Å².